The Hall–Kier alpha value is -1.30. The second-order valence-electron chi connectivity index (χ2n) is 11.5. The molecule has 4 aliphatic carbocycles. The van der Waals surface area contributed by atoms with Crippen molar-refractivity contribution in [2.24, 2.45) is 39.9 Å². The fourth-order valence-electron chi connectivity index (χ4n) is 8.24. The molecule has 4 aliphatic rings. The molecule has 0 aliphatic heterocycles. The molecule has 0 amide bonds. The van der Waals surface area contributed by atoms with Crippen LogP contribution in [-0.2, 0) is 6.42 Å². The van der Waals surface area contributed by atoms with E-state index in [2.05, 4.69) is 70.7 Å². The van der Waals surface area contributed by atoms with Gasteiger partial charge in [-0.3, -0.25) is 0 Å². The van der Waals surface area contributed by atoms with Crippen LogP contribution in [0, 0.1) is 39.9 Å². The first-order valence-electron chi connectivity index (χ1n) is 11.7. The molecule has 3 fully saturated rings. The normalized spacial score (nSPS) is 43.4. The van der Waals surface area contributed by atoms with Gasteiger partial charge in [0.05, 0.1) is 0 Å². The summed E-state index contributed by atoms with van der Waals surface area (Å²) in [6.07, 6.45) is 12.4. The molecule has 150 valence electrons. The first-order chi connectivity index (χ1) is 13.3. The summed E-state index contributed by atoms with van der Waals surface area (Å²) in [7, 11) is 0. The van der Waals surface area contributed by atoms with E-state index in [-0.39, 0.29) is 0 Å². The minimum absolute atomic E-state index is 0.405. The maximum absolute atomic E-state index is 4.55. The predicted octanol–water partition coefficient (Wildman–Crippen LogP) is 7.61. The van der Waals surface area contributed by atoms with E-state index in [1.807, 2.05) is 5.57 Å². The molecular weight excluding hydrogens is 336 g/mol. The van der Waals surface area contributed by atoms with Crippen LogP contribution in [0.25, 0.3) is 0 Å². The van der Waals surface area contributed by atoms with E-state index in [0.717, 1.165) is 23.7 Å². The van der Waals surface area contributed by atoms with E-state index in [1.54, 1.807) is 0 Å². The number of fused-ring (bicyclic) bond motifs is 4. The summed E-state index contributed by atoms with van der Waals surface area (Å²) in [5, 5.41) is 0. The fraction of sp³-hybridized carbons (Fsp3) is 0.643. The monoisotopic (exact) mass is 374 g/mol. The van der Waals surface area contributed by atoms with E-state index in [4.69, 9.17) is 0 Å². The van der Waals surface area contributed by atoms with Gasteiger partial charge in [-0.1, -0.05) is 81.8 Å². The standard InChI is InChI=1S/C28H38/c1-19-17-23-27(5,25-24(19)26(25,3)4)20(2)13-15-28(23)16-14-22(18-28)12-11-21-9-7-6-8-10-21/h6-10,17,20,22,24-25H,1,11-16,18H2,2-5H3/t20-,22-,24+,25+,27-,28-/m1/s1. The average Bonchev–Trinajstić information content (AvgIpc) is 3.07. The summed E-state index contributed by atoms with van der Waals surface area (Å²) in [5.74, 6) is 3.27. The highest BCUT2D eigenvalue weighted by Crippen LogP contribution is 2.78. The molecule has 0 aromatic heterocycles. The molecule has 0 unspecified atom stereocenters. The third-order valence-electron chi connectivity index (χ3n) is 9.83. The van der Waals surface area contributed by atoms with Crippen molar-refractivity contribution in [3.63, 3.8) is 0 Å². The van der Waals surface area contributed by atoms with Gasteiger partial charge in [0.15, 0.2) is 0 Å². The van der Waals surface area contributed by atoms with Crippen molar-refractivity contribution in [2.75, 3.05) is 0 Å². The Bertz CT molecular complexity index is 812. The van der Waals surface area contributed by atoms with Crippen molar-refractivity contribution in [3.05, 3.63) is 59.7 Å². The lowest BCUT2D eigenvalue weighted by atomic mass is 9.50. The van der Waals surface area contributed by atoms with Gasteiger partial charge in [0.2, 0.25) is 0 Å². The minimum atomic E-state index is 0.405. The van der Waals surface area contributed by atoms with Crippen LogP contribution in [0.5, 0.6) is 0 Å². The molecule has 0 saturated heterocycles. The number of hydrogen-bond acceptors (Lipinski definition) is 0. The molecule has 0 radical (unpaired) electrons. The Kier molecular flexibility index (Phi) is 4.08. The van der Waals surface area contributed by atoms with Crippen molar-refractivity contribution in [1.29, 1.82) is 0 Å². The van der Waals surface area contributed by atoms with Gasteiger partial charge < -0.3 is 0 Å². The number of benzene rings is 1. The van der Waals surface area contributed by atoms with Crippen LogP contribution in [0.2, 0.25) is 0 Å². The van der Waals surface area contributed by atoms with Crippen molar-refractivity contribution in [2.45, 2.75) is 72.6 Å². The lowest BCUT2D eigenvalue weighted by Gasteiger charge is -2.54. The van der Waals surface area contributed by atoms with Crippen LogP contribution in [0.4, 0.5) is 0 Å². The zero-order chi connectivity index (χ0) is 19.7. The van der Waals surface area contributed by atoms with E-state index >= 15 is 0 Å². The van der Waals surface area contributed by atoms with Crippen LogP contribution >= 0.6 is 0 Å². The van der Waals surface area contributed by atoms with E-state index < -0.39 is 0 Å². The Morgan fingerprint density at radius 1 is 1.04 bits per heavy atom. The van der Waals surface area contributed by atoms with Crippen molar-refractivity contribution >= 4 is 0 Å². The molecule has 1 aromatic rings. The molecule has 0 heterocycles. The number of allylic oxidation sites excluding steroid dienone is 3. The molecule has 0 heteroatoms. The van der Waals surface area contributed by atoms with Gasteiger partial charge in [-0.05, 0) is 90.4 Å². The zero-order valence-electron chi connectivity index (χ0n) is 18.4. The first kappa shape index (κ1) is 18.7. The molecule has 1 spiro atoms. The van der Waals surface area contributed by atoms with Gasteiger partial charge in [-0.25, -0.2) is 0 Å². The second kappa shape index (κ2) is 6.10. The van der Waals surface area contributed by atoms with Crippen LogP contribution in [0.3, 0.4) is 0 Å². The number of rotatable bonds is 3. The third kappa shape index (κ3) is 2.49. The summed E-state index contributed by atoms with van der Waals surface area (Å²) in [6, 6.07) is 11.1. The third-order valence-corrected chi connectivity index (χ3v) is 9.83. The predicted molar refractivity (Wildman–Crippen MR) is 119 cm³/mol. The molecule has 1 aromatic carbocycles. The molecular formula is C28H38. The summed E-state index contributed by atoms with van der Waals surface area (Å²) >= 11 is 0. The van der Waals surface area contributed by atoms with Gasteiger partial charge in [0, 0.05) is 0 Å². The Balaban J connectivity index is 1.39. The highest BCUT2D eigenvalue weighted by Gasteiger charge is 2.71. The molecule has 0 bridgehead atoms. The van der Waals surface area contributed by atoms with Gasteiger partial charge in [0.25, 0.3) is 0 Å². The smallest absolute Gasteiger partial charge is 0.00424 e. The molecule has 3 saturated carbocycles. The lowest BCUT2D eigenvalue weighted by Crippen LogP contribution is -2.45. The fourth-order valence-corrected chi connectivity index (χ4v) is 8.24. The molecule has 6 atom stereocenters. The van der Waals surface area contributed by atoms with Gasteiger partial charge >= 0.3 is 0 Å². The van der Waals surface area contributed by atoms with Crippen LogP contribution in [0.1, 0.15) is 71.8 Å². The second-order valence-corrected chi connectivity index (χ2v) is 11.5. The largest absolute Gasteiger partial charge is 0.0955 e. The first-order valence-corrected chi connectivity index (χ1v) is 11.7. The Morgan fingerprint density at radius 2 is 1.75 bits per heavy atom. The van der Waals surface area contributed by atoms with Gasteiger partial charge in [0.1, 0.15) is 0 Å². The number of hydrogen-bond donors (Lipinski definition) is 0. The van der Waals surface area contributed by atoms with Crippen molar-refractivity contribution in [3.8, 4) is 0 Å². The molecule has 28 heavy (non-hydrogen) atoms. The number of aryl methyl sites for hydroxylation is 1. The average molecular weight is 375 g/mol. The van der Waals surface area contributed by atoms with Crippen LogP contribution in [-0.4, -0.2) is 0 Å². The topological polar surface area (TPSA) is 0 Å². The highest BCUT2D eigenvalue weighted by molar-refractivity contribution is 5.47. The Morgan fingerprint density at radius 3 is 2.50 bits per heavy atom. The Labute approximate surface area is 172 Å². The quantitative estimate of drug-likeness (QED) is 0.510. The van der Waals surface area contributed by atoms with E-state index in [9.17, 15) is 0 Å². The molecule has 5 rings (SSSR count). The maximum Gasteiger partial charge on any atom is -0.00424 e. The van der Waals surface area contributed by atoms with Gasteiger partial charge in [-0.15, -0.1) is 0 Å². The van der Waals surface area contributed by atoms with Crippen molar-refractivity contribution in [1.82, 2.24) is 0 Å². The van der Waals surface area contributed by atoms with E-state index in [0.29, 0.717) is 16.2 Å². The SMILES string of the molecule is C=C1C=C2[C@@]3(CC[C@@H](CCc4ccccc4)C3)CC[C@@H](C)[C@@]2(C)[C@H]2[C@H]1C2(C)C. The lowest BCUT2D eigenvalue weighted by molar-refractivity contribution is 0.0706. The molecule has 0 N–H and O–H groups in total. The van der Waals surface area contributed by atoms with Crippen molar-refractivity contribution < 1.29 is 0 Å². The maximum atomic E-state index is 4.55. The summed E-state index contributed by atoms with van der Waals surface area (Å²) in [6.45, 7) is 14.7. The van der Waals surface area contributed by atoms with Crippen LogP contribution in [0.15, 0.2) is 54.1 Å². The summed E-state index contributed by atoms with van der Waals surface area (Å²) in [5.41, 5.74) is 6.12. The summed E-state index contributed by atoms with van der Waals surface area (Å²) in [4.78, 5) is 0. The van der Waals surface area contributed by atoms with Gasteiger partial charge in [-0.2, -0.15) is 0 Å². The van der Waals surface area contributed by atoms with E-state index in [1.165, 1.54) is 56.1 Å². The summed E-state index contributed by atoms with van der Waals surface area (Å²) < 4.78 is 0. The zero-order valence-corrected chi connectivity index (χ0v) is 18.4. The minimum Gasteiger partial charge on any atom is -0.0955 e. The molecule has 0 nitrogen and oxygen atoms in total. The highest BCUT2D eigenvalue weighted by atomic mass is 14.7. The van der Waals surface area contributed by atoms with Crippen LogP contribution < -0.4 is 0 Å².